The summed E-state index contributed by atoms with van der Waals surface area (Å²) in [6, 6.07) is 2.99. The normalized spacial score (nSPS) is 14.9. The average molecular weight is 390 g/mol. The Bertz CT molecular complexity index is 1060. The average Bonchev–Trinajstić information content (AvgIpc) is 3.31. The molecule has 0 unspecified atom stereocenters. The number of aryl methyl sites for hydroxylation is 2. The van der Waals surface area contributed by atoms with Crippen LogP contribution in [0.5, 0.6) is 0 Å². The van der Waals surface area contributed by atoms with Crippen molar-refractivity contribution >= 4 is 10.0 Å². The minimum Gasteiger partial charge on any atom is -0.440 e. The van der Waals surface area contributed by atoms with E-state index >= 15 is 0 Å². The lowest BCUT2D eigenvalue weighted by Crippen LogP contribution is -2.23. The maximum Gasteiger partial charge on any atom is 0.274 e. The van der Waals surface area contributed by atoms with Gasteiger partial charge in [-0.05, 0) is 57.2 Å². The number of aromatic nitrogens is 3. The van der Waals surface area contributed by atoms with Crippen molar-refractivity contribution in [3.05, 3.63) is 40.3 Å². The lowest BCUT2D eigenvalue weighted by atomic mass is 10.1. The van der Waals surface area contributed by atoms with Crippen molar-refractivity contribution in [2.75, 3.05) is 0 Å². The fraction of sp³-hybridized carbons (Fsp3) is 0.444. The van der Waals surface area contributed by atoms with Crippen LogP contribution in [0.3, 0.4) is 0 Å². The molecule has 3 heterocycles. The van der Waals surface area contributed by atoms with Crippen LogP contribution in [-0.2, 0) is 29.4 Å². The van der Waals surface area contributed by atoms with Gasteiger partial charge in [-0.25, -0.2) is 13.1 Å². The molecule has 0 bridgehead atoms. The number of hydrogen-bond donors (Lipinski definition) is 2. The molecule has 3 aromatic heterocycles. The molecule has 8 nitrogen and oxygen atoms in total. The molecule has 0 amide bonds. The van der Waals surface area contributed by atoms with E-state index < -0.39 is 10.0 Å². The largest absolute Gasteiger partial charge is 0.440 e. The van der Waals surface area contributed by atoms with Crippen LogP contribution in [0, 0.1) is 13.8 Å². The second-order valence-corrected chi connectivity index (χ2v) is 8.55. The second kappa shape index (κ2) is 6.97. The van der Waals surface area contributed by atoms with E-state index in [-0.39, 0.29) is 11.6 Å². The van der Waals surface area contributed by atoms with Crippen LogP contribution in [0.4, 0.5) is 0 Å². The summed E-state index contributed by atoms with van der Waals surface area (Å²) in [7, 11) is -3.80. The second-order valence-electron chi connectivity index (χ2n) is 6.85. The molecule has 0 aromatic carbocycles. The summed E-state index contributed by atoms with van der Waals surface area (Å²) in [6.07, 6.45) is 5.31. The number of nitrogens with one attached hydrogen (secondary N) is 2. The highest BCUT2D eigenvalue weighted by molar-refractivity contribution is 7.89. The molecule has 27 heavy (non-hydrogen) atoms. The molecule has 144 valence electrons. The van der Waals surface area contributed by atoms with Crippen molar-refractivity contribution in [3.63, 3.8) is 0 Å². The van der Waals surface area contributed by atoms with Gasteiger partial charge in [0.2, 0.25) is 10.9 Å². The zero-order valence-corrected chi connectivity index (χ0v) is 16.1. The van der Waals surface area contributed by atoms with Crippen molar-refractivity contribution < 1.29 is 17.4 Å². The van der Waals surface area contributed by atoms with Gasteiger partial charge >= 0.3 is 0 Å². The summed E-state index contributed by atoms with van der Waals surface area (Å²) in [6.45, 7) is 3.79. The maximum absolute atomic E-state index is 12.6. The molecule has 0 radical (unpaired) electrons. The standard InChI is InChI=1S/C18H22N4O4S/c1-11-12(2)22-26-18(11)16-8-9-17(25-16)27(23,24)19-10-15-13-6-4-3-5-7-14(13)20-21-15/h8-9,19H,3-7,10H2,1-2H3,(H,20,21). The van der Waals surface area contributed by atoms with E-state index in [0.29, 0.717) is 11.5 Å². The number of fused-ring (bicyclic) bond motifs is 1. The molecular weight excluding hydrogens is 368 g/mol. The van der Waals surface area contributed by atoms with Crippen LogP contribution in [-0.4, -0.2) is 23.8 Å². The van der Waals surface area contributed by atoms with Crippen molar-refractivity contribution in [1.29, 1.82) is 0 Å². The summed E-state index contributed by atoms with van der Waals surface area (Å²) in [5, 5.41) is 11.1. The van der Waals surface area contributed by atoms with E-state index in [2.05, 4.69) is 20.1 Å². The highest BCUT2D eigenvalue weighted by atomic mass is 32.2. The molecule has 0 aliphatic heterocycles. The third-order valence-corrected chi connectivity index (χ3v) is 6.32. The van der Waals surface area contributed by atoms with Crippen molar-refractivity contribution in [3.8, 4) is 11.5 Å². The first-order valence-electron chi connectivity index (χ1n) is 9.03. The lowest BCUT2D eigenvalue weighted by molar-refractivity contribution is 0.397. The summed E-state index contributed by atoms with van der Waals surface area (Å²) in [5.74, 6) is 0.772. The predicted molar refractivity (Wildman–Crippen MR) is 97.6 cm³/mol. The third-order valence-electron chi connectivity index (χ3n) is 5.05. The molecule has 0 saturated heterocycles. The molecule has 0 atom stereocenters. The molecule has 4 rings (SSSR count). The number of nitrogens with zero attached hydrogens (tertiary/aromatic N) is 2. The summed E-state index contributed by atoms with van der Waals surface area (Å²) in [4.78, 5) is 0. The topological polar surface area (TPSA) is 114 Å². The van der Waals surface area contributed by atoms with Gasteiger partial charge in [-0.3, -0.25) is 5.10 Å². The first kappa shape index (κ1) is 18.0. The van der Waals surface area contributed by atoms with Gasteiger partial charge in [0.15, 0.2) is 5.76 Å². The Morgan fingerprint density at radius 1 is 1.19 bits per heavy atom. The third kappa shape index (κ3) is 3.44. The van der Waals surface area contributed by atoms with E-state index in [9.17, 15) is 8.42 Å². The van der Waals surface area contributed by atoms with Crippen molar-refractivity contribution in [1.82, 2.24) is 20.1 Å². The highest BCUT2D eigenvalue weighted by Crippen LogP contribution is 2.29. The molecule has 1 aliphatic rings. The SMILES string of the molecule is Cc1noc(-c2ccc(S(=O)(=O)NCc3n[nH]c4c3CCCCC4)o2)c1C. The van der Waals surface area contributed by atoms with Crippen LogP contribution >= 0.6 is 0 Å². The number of sulfonamides is 1. The number of furan rings is 1. The van der Waals surface area contributed by atoms with Gasteiger partial charge in [0, 0.05) is 11.3 Å². The van der Waals surface area contributed by atoms with E-state index in [1.807, 2.05) is 13.8 Å². The number of H-pyrrole nitrogens is 1. The summed E-state index contributed by atoms with van der Waals surface area (Å²) >= 11 is 0. The van der Waals surface area contributed by atoms with E-state index in [4.69, 9.17) is 8.94 Å². The lowest BCUT2D eigenvalue weighted by Gasteiger charge is -2.05. The smallest absolute Gasteiger partial charge is 0.274 e. The Labute approximate surface area is 157 Å². The Hall–Kier alpha value is -2.39. The van der Waals surface area contributed by atoms with Gasteiger partial charge < -0.3 is 8.94 Å². The Balaban J connectivity index is 1.51. The molecule has 2 N–H and O–H groups in total. The van der Waals surface area contributed by atoms with E-state index in [1.54, 1.807) is 6.07 Å². The minimum atomic E-state index is -3.80. The Morgan fingerprint density at radius 2 is 2.00 bits per heavy atom. The fourth-order valence-corrected chi connectivity index (χ4v) is 4.25. The number of hydrogen-bond acceptors (Lipinski definition) is 6. The quantitative estimate of drug-likeness (QED) is 0.647. The fourth-order valence-electron chi connectivity index (χ4n) is 3.34. The molecule has 0 saturated carbocycles. The van der Waals surface area contributed by atoms with E-state index in [0.717, 1.165) is 53.9 Å². The monoisotopic (exact) mass is 390 g/mol. The summed E-state index contributed by atoms with van der Waals surface area (Å²) < 4.78 is 38.5. The van der Waals surface area contributed by atoms with Gasteiger partial charge in [-0.1, -0.05) is 11.6 Å². The van der Waals surface area contributed by atoms with Crippen LogP contribution in [0.15, 0.2) is 26.2 Å². The van der Waals surface area contributed by atoms with Crippen LogP contribution in [0.2, 0.25) is 0 Å². The van der Waals surface area contributed by atoms with Gasteiger partial charge in [0.1, 0.15) is 0 Å². The molecular formula is C18H22N4O4S. The first-order chi connectivity index (χ1) is 13.0. The van der Waals surface area contributed by atoms with Crippen LogP contribution < -0.4 is 4.72 Å². The zero-order valence-electron chi connectivity index (χ0n) is 15.3. The van der Waals surface area contributed by atoms with Gasteiger partial charge in [0.05, 0.1) is 17.9 Å². The Morgan fingerprint density at radius 3 is 2.78 bits per heavy atom. The minimum absolute atomic E-state index is 0.130. The van der Waals surface area contributed by atoms with Gasteiger partial charge in [-0.15, -0.1) is 0 Å². The number of rotatable bonds is 5. The molecule has 0 spiro atoms. The van der Waals surface area contributed by atoms with Gasteiger partial charge in [0.25, 0.3) is 10.0 Å². The maximum atomic E-state index is 12.6. The van der Waals surface area contributed by atoms with Crippen molar-refractivity contribution in [2.24, 2.45) is 0 Å². The molecule has 9 heteroatoms. The van der Waals surface area contributed by atoms with E-state index in [1.165, 1.54) is 12.5 Å². The highest BCUT2D eigenvalue weighted by Gasteiger charge is 2.23. The molecule has 1 aliphatic carbocycles. The zero-order chi connectivity index (χ0) is 19.0. The molecule has 0 fully saturated rings. The van der Waals surface area contributed by atoms with Crippen LogP contribution in [0.1, 0.15) is 47.5 Å². The van der Waals surface area contributed by atoms with Crippen LogP contribution in [0.25, 0.3) is 11.5 Å². The summed E-state index contributed by atoms with van der Waals surface area (Å²) in [5.41, 5.74) is 4.58. The first-order valence-corrected chi connectivity index (χ1v) is 10.5. The number of aromatic amines is 1. The predicted octanol–water partition coefficient (Wildman–Crippen LogP) is 3.02. The Kier molecular flexibility index (Phi) is 4.65. The van der Waals surface area contributed by atoms with Gasteiger partial charge in [-0.2, -0.15) is 5.10 Å². The molecule has 3 aromatic rings. The van der Waals surface area contributed by atoms with Crippen molar-refractivity contribution in [2.45, 2.75) is 57.6 Å².